The third-order valence-corrected chi connectivity index (χ3v) is 9.88. The van der Waals surface area contributed by atoms with Crippen LogP contribution in [0.25, 0.3) is 11.2 Å². The highest BCUT2D eigenvalue weighted by Crippen LogP contribution is 2.43. The molecular weight excluding hydrogens is 699 g/mol. The van der Waals surface area contributed by atoms with Gasteiger partial charge in [0.1, 0.15) is 17.8 Å². The van der Waals surface area contributed by atoms with Crippen LogP contribution >= 0.6 is 0 Å². The minimum Gasteiger partial charge on any atom is -0.451 e. The Hall–Kier alpha value is -5.95. The van der Waals surface area contributed by atoms with Crippen molar-refractivity contribution in [2.45, 2.75) is 64.8 Å². The second-order valence-electron chi connectivity index (χ2n) is 14.3. The Morgan fingerprint density at radius 2 is 1.42 bits per heavy atom. The van der Waals surface area contributed by atoms with Crippen LogP contribution in [0.1, 0.15) is 63.8 Å². The number of aromatic nitrogens is 4. The van der Waals surface area contributed by atoms with Gasteiger partial charge in [-0.25, -0.2) is 9.78 Å². The number of carbonyl (C=O) groups excluding carboxylic acids is 2. The zero-order valence-electron chi connectivity index (χ0n) is 31.2. The van der Waals surface area contributed by atoms with Crippen molar-refractivity contribution in [1.82, 2.24) is 19.5 Å². The summed E-state index contributed by atoms with van der Waals surface area (Å²) in [4.78, 5) is 50.5. The van der Waals surface area contributed by atoms with Crippen LogP contribution in [0.2, 0.25) is 0 Å². The van der Waals surface area contributed by atoms with Crippen molar-refractivity contribution in [3.8, 4) is 0 Å². The Labute approximate surface area is 318 Å². The van der Waals surface area contributed by atoms with E-state index in [1.165, 1.54) is 10.9 Å². The number of anilines is 1. The molecule has 4 atom stereocenters. The Balaban J connectivity index is 1.30. The summed E-state index contributed by atoms with van der Waals surface area (Å²) in [5.74, 6) is -1.51. The van der Waals surface area contributed by atoms with Crippen molar-refractivity contribution < 1.29 is 28.9 Å². The van der Waals surface area contributed by atoms with Gasteiger partial charge in [0.25, 0.3) is 5.56 Å². The maximum absolute atomic E-state index is 13.5. The minimum absolute atomic E-state index is 0.0365. The molecule has 0 aliphatic carbocycles. The molecule has 12 heteroatoms. The number of benzene rings is 4. The predicted octanol–water partition coefficient (Wildman–Crippen LogP) is 6.13. The zero-order chi connectivity index (χ0) is 38.9. The number of amides is 1. The van der Waals surface area contributed by atoms with Crippen LogP contribution in [0.4, 0.5) is 5.95 Å². The van der Waals surface area contributed by atoms with E-state index in [1.54, 1.807) is 44.2 Å². The third kappa shape index (κ3) is 7.44. The average Bonchev–Trinajstić information content (AvgIpc) is 3.74. The topological polar surface area (TPSA) is 158 Å². The minimum atomic E-state index is -1.40. The summed E-state index contributed by atoms with van der Waals surface area (Å²) in [5.41, 5.74) is 4.37. The van der Waals surface area contributed by atoms with Gasteiger partial charge in [-0.05, 0) is 49.6 Å². The highest BCUT2D eigenvalue weighted by Gasteiger charge is 2.50. The first-order valence-electron chi connectivity index (χ1n) is 18.2. The molecule has 282 valence electrons. The van der Waals surface area contributed by atoms with Crippen LogP contribution in [0.3, 0.4) is 0 Å². The molecule has 6 aromatic rings. The van der Waals surface area contributed by atoms with E-state index in [0.29, 0.717) is 0 Å². The maximum atomic E-state index is 13.5. The molecule has 0 unspecified atom stereocenters. The van der Waals surface area contributed by atoms with Crippen molar-refractivity contribution in [3.63, 3.8) is 0 Å². The molecule has 0 spiro atoms. The number of nitrogens with one attached hydrogen (secondary N) is 2. The van der Waals surface area contributed by atoms with Gasteiger partial charge >= 0.3 is 5.97 Å². The third-order valence-electron chi connectivity index (χ3n) is 9.88. The number of rotatable bonds is 11. The van der Waals surface area contributed by atoms with Gasteiger partial charge in [-0.15, -0.1) is 0 Å². The molecule has 3 heterocycles. The monoisotopic (exact) mass is 741 g/mol. The van der Waals surface area contributed by atoms with Crippen molar-refractivity contribution >= 4 is 29.0 Å². The lowest BCUT2D eigenvalue weighted by Crippen LogP contribution is -2.40. The van der Waals surface area contributed by atoms with Gasteiger partial charge in [0.2, 0.25) is 11.9 Å². The van der Waals surface area contributed by atoms with Gasteiger partial charge in [0, 0.05) is 5.92 Å². The lowest BCUT2D eigenvalue weighted by Gasteiger charge is -2.37. The number of esters is 1. The second kappa shape index (κ2) is 15.4. The predicted molar refractivity (Wildman–Crippen MR) is 207 cm³/mol. The SMILES string of the molecule is Cc1ccc(C(OC[C@H]2O[C@@H](n3cnc4c(=O)[nH]c(NC(=O)C(C)C)nc43)[C@H](OC(=O)c3ccccc3)[C@H]2O)(c2ccc(C)cc2)c2ccc(C)cc2)cc1. The molecule has 1 saturated heterocycles. The number of aryl methyl sites for hydroxylation is 3. The number of aromatic amines is 1. The Morgan fingerprint density at radius 3 is 1.95 bits per heavy atom. The number of fused-ring (bicyclic) bond motifs is 1. The first kappa shape index (κ1) is 37.4. The van der Waals surface area contributed by atoms with Crippen molar-refractivity contribution in [1.29, 1.82) is 0 Å². The van der Waals surface area contributed by atoms with Gasteiger partial charge in [-0.2, -0.15) is 4.98 Å². The van der Waals surface area contributed by atoms with E-state index in [2.05, 4.69) is 20.3 Å². The van der Waals surface area contributed by atoms with Gasteiger partial charge in [-0.1, -0.05) is 122 Å². The Kier molecular flexibility index (Phi) is 10.5. The summed E-state index contributed by atoms with van der Waals surface area (Å²) >= 11 is 0. The number of hydrogen-bond acceptors (Lipinski definition) is 9. The van der Waals surface area contributed by atoms with Gasteiger partial charge in [0.05, 0.1) is 18.5 Å². The van der Waals surface area contributed by atoms with Gasteiger partial charge in [-0.3, -0.25) is 24.5 Å². The molecule has 4 aromatic carbocycles. The molecule has 1 aliphatic rings. The van der Waals surface area contributed by atoms with E-state index >= 15 is 0 Å². The van der Waals surface area contributed by atoms with Crippen LogP contribution in [-0.2, 0) is 24.6 Å². The fourth-order valence-corrected chi connectivity index (χ4v) is 6.73. The standard InChI is InChI=1S/C43H43N5O7/c1-25(2)38(50)46-42-45-37-34(39(51)47-42)44-24-48(37)40-36(55-41(52)29-9-7-6-8-10-29)35(49)33(54-40)23-53-43(30-17-11-26(3)12-18-30,31-19-13-27(4)14-20-31)32-21-15-28(5)16-22-32/h6-22,24-25,33,35-36,40,49H,23H2,1-5H3,(H2,45,46,47,50,51)/t33-,35+,36-,40-/m1/s1. The molecule has 3 N–H and O–H groups in total. The Bertz CT molecular complexity index is 2240. The second-order valence-corrected chi connectivity index (χ2v) is 14.3. The molecule has 0 saturated carbocycles. The van der Waals surface area contributed by atoms with E-state index in [9.17, 15) is 19.5 Å². The highest BCUT2D eigenvalue weighted by atomic mass is 16.6. The molecule has 1 amide bonds. The first-order chi connectivity index (χ1) is 26.4. The molecule has 7 rings (SSSR count). The van der Waals surface area contributed by atoms with E-state index in [-0.39, 0.29) is 41.1 Å². The molecule has 1 fully saturated rings. The summed E-state index contributed by atoms with van der Waals surface area (Å²) in [7, 11) is 0. The summed E-state index contributed by atoms with van der Waals surface area (Å²) in [5, 5.41) is 14.6. The summed E-state index contributed by atoms with van der Waals surface area (Å²) in [6.45, 7) is 9.34. The number of aliphatic hydroxyl groups is 1. The largest absolute Gasteiger partial charge is 0.451 e. The van der Waals surface area contributed by atoms with Crippen LogP contribution < -0.4 is 10.9 Å². The molecule has 12 nitrogen and oxygen atoms in total. The fraction of sp³-hybridized carbons (Fsp3) is 0.279. The molecule has 55 heavy (non-hydrogen) atoms. The van der Waals surface area contributed by atoms with Crippen LogP contribution in [0.15, 0.2) is 114 Å². The number of carbonyl (C=O) groups is 2. The zero-order valence-corrected chi connectivity index (χ0v) is 31.2. The lowest BCUT2D eigenvalue weighted by molar-refractivity contribution is -0.118. The van der Waals surface area contributed by atoms with Crippen LogP contribution in [0, 0.1) is 26.7 Å². The van der Waals surface area contributed by atoms with Crippen LogP contribution in [0.5, 0.6) is 0 Å². The number of nitrogens with zero attached hydrogens (tertiary/aromatic N) is 3. The number of H-pyrrole nitrogens is 1. The van der Waals surface area contributed by atoms with Gasteiger partial charge in [0.15, 0.2) is 23.5 Å². The molecule has 0 bridgehead atoms. The highest BCUT2D eigenvalue weighted by molar-refractivity contribution is 5.91. The van der Waals surface area contributed by atoms with Crippen LogP contribution in [-0.4, -0.2) is 61.4 Å². The summed E-state index contributed by atoms with van der Waals surface area (Å²) in [6, 6.07) is 32.8. The number of imidazole rings is 1. The Morgan fingerprint density at radius 1 is 0.873 bits per heavy atom. The molecule has 0 radical (unpaired) electrons. The maximum Gasteiger partial charge on any atom is 0.338 e. The number of aliphatic hydroxyl groups excluding tert-OH is 1. The lowest BCUT2D eigenvalue weighted by atomic mass is 9.79. The van der Waals surface area contributed by atoms with E-state index in [4.69, 9.17) is 14.2 Å². The fourth-order valence-electron chi connectivity index (χ4n) is 6.73. The van der Waals surface area contributed by atoms with Crippen molar-refractivity contribution in [3.05, 3.63) is 159 Å². The number of ether oxygens (including phenoxy) is 3. The van der Waals surface area contributed by atoms with E-state index in [0.717, 1.165) is 33.4 Å². The summed E-state index contributed by atoms with van der Waals surface area (Å²) < 4.78 is 21.1. The first-order valence-corrected chi connectivity index (χ1v) is 18.2. The molecule has 2 aromatic heterocycles. The molecular formula is C43H43N5O7. The van der Waals surface area contributed by atoms with Gasteiger partial charge < -0.3 is 19.3 Å². The van der Waals surface area contributed by atoms with Crippen molar-refractivity contribution in [2.24, 2.45) is 5.92 Å². The smallest absolute Gasteiger partial charge is 0.338 e. The number of hydrogen-bond donors (Lipinski definition) is 3. The van der Waals surface area contributed by atoms with E-state index in [1.807, 2.05) is 93.6 Å². The molecule has 1 aliphatic heterocycles. The van der Waals surface area contributed by atoms with E-state index < -0.39 is 41.7 Å². The van der Waals surface area contributed by atoms with Crippen molar-refractivity contribution in [2.75, 3.05) is 11.9 Å². The summed E-state index contributed by atoms with van der Waals surface area (Å²) in [6.07, 6.45) is -3.60. The average molecular weight is 742 g/mol. The quantitative estimate of drug-likeness (QED) is 0.105. The normalized spacial score (nSPS) is 18.5.